The second kappa shape index (κ2) is 8.37. The van der Waals surface area contributed by atoms with Gasteiger partial charge in [0.1, 0.15) is 5.69 Å². The summed E-state index contributed by atoms with van der Waals surface area (Å²) in [5, 5.41) is 22.0. The summed E-state index contributed by atoms with van der Waals surface area (Å²) in [7, 11) is 0. The van der Waals surface area contributed by atoms with E-state index in [-0.39, 0.29) is 0 Å². The zero-order valence-corrected chi connectivity index (χ0v) is 18.8. The van der Waals surface area contributed by atoms with Crippen molar-refractivity contribution in [2.75, 3.05) is 5.32 Å². The van der Waals surface area contributed by atoms with Gasteiger partial charge < -0.3 is 5.32 Å². The van der Waals surface area contributed by atoms with Gasteiger partial charge in [-0.3, -0.25) is 5.10 Å². The molecule has 0 amide bonds. The molecule has 1 fully saturated rings. The zero-order valence-electron chi connectivity index (χ0n) is 18.0. The number of halogens is 1. The minimum absolute atomic E-state index is 0.525. The Labute approximate surface area is 196 Å². The Hall–Kier alpha value is -3.64. The summed E-state index contributed by atoms with van der Waals surface area (Å²) in [6.07, 6.45) is 2.38. The lowest BCUT2D eigenvalue weighted by atomic mass is 10.1. The maximum absolute atomic E-state index is 6.32. The van der Waals surface area contributed by atoms with Gasteiger partial charge in [-0.05, 0) is 42.2 Å². The van der Waals surface area contributed by atoms with Crippen LogP contribution in [-0.2, 0) is 13.1 Å². The Morgan fingerprint density at radius 3 is 2.64 bits per heavy atom. The van der Waals surface area contributed by atoms with Gasteiger partial charge in [0.2, 0.25) is 0 Å². The topological polar surface area (TPSA) is 71.4 Å². The number of fused-ring (bicyclic) bond motifs is 1. The first-order chi connectivity index (χ1) is 16.3. The van der Waals surface area contributed by atoms with Gasteiger partial charge >= 0.3 is 0 Å². The lowest BCUT2D eigenvalue weighted by Crippen LogP contribution is -2.06. The maximum Gasteiger partial charge on any atom is 0.156 e. The van der Waals surface area contributed by atoms with Gasteiger partial charge in [0.05, 0.1) is 17.8 Å². The van der Waals surface area contributed by atoms with E-state index in [9.17, 15) is 0 Å². The monoisotopic (exact) mass is 454 g/mol. The molecule has 0 atom stereocenters. The summed E-state index contributed by atoms with van der Waals surface area (Å²) in [5.74, 6) is 1.33. The molecule has 0 aliphatic heterocycles. The van der Waals surface area contributed by atoms with Gasteiger partial charge in [-0.25, -0.2) is 4.68 Å². The van der Waals surface area contributed by atoms with Gasteiger partial charge in [0.15, 0.2) is 5.82 Å². The molecule has 2 N–H and O–H groups in total. The number of aromatic amines is 1. The van der Waals surface area contributed by atoms with E-state index in [2.05, 4.69) is 73.0 Å². The lowest BCUT2D eigenvalue weighted by Gasteiger charge is -2.08. The van der Waals surface area contributed by atoms with Crippen molar-refractivity contribution < 1.29 is 0 Å². The first-order valence-electron chi connectivity index (χ1n) is 11.2. The highest BCUT2D eigenvalue weighted by molar-refractivity contribution is 6.31. The Morgan fingerprint density at radius 1 is 1.00 bits per heavy atom. The van der Waals surface area contributed by atoms with Gasteiger partial charge in [-0.1, -0.05) is 71.4 Å². The van der Waals surface area contributed by atoms with Crippen LogP contribution < -0.4 is 5.32 Å². The van der Waals surface area contributed by atoms with Crippen molar-refractivity contribution in [2.24, 2.45) is 0 Å². The highest BCUT2D eigenvalue weighted by atomic mass is 35.5. The molecule has 0 saturated heterocycles. The second-order valence-corrected chi connectivity index (χ2v) is 8.93. The van der Waals surface area contributed by atoms with E-state index in [1.54, 1.807) is 0 Å². The standard InChI is InChI=1S/C26H23ClN6/c27-22-9-5-4-8-20(22)15-28-26-21-14-19(12-13-23(21)29-31-26)24-25(18-10-11-18)33(32-30-24)16-17-6-2-1-3-7-17/h1-9,12-14,18H,10-11,15-16H2,(H2,28,29,31). The minimum Gasteiger partial charge on any atom is -0.364 e. The molecule has 1 saturated carbocycles. The number of H-pyrrole nitrogens is 1. The van der Waals surface area contributed by atoms with E-state index in [1.165, 1.54) is 24.1 Å². The van der Waals surface area contributed by atoms with Crippen molar-refractivity contribution in [3.63, 3.8) is 0 Å². The summed E-state index contributed by atoms with van der Waals surface area (Å²) in [5.41, 5.74) is 6.50. The molecule has 6 rings (SSSR count). The van der Waals surface area contributed by atoms with Crippen LogP contribution >= 0.6 is 11.6 Å². The second-order valence-electron chi connectivity index (χ2n) is 8.52. The van der Waals surface area contributed by atoms with Crippen molar-refractivity contribution in [1.82, 2.24) is 25.2 Å². The fourth-order valence-electron chi connectivity index (χ4n) is 4.28. The van der Waals surface area contributed by atoms with Crippen LogP contribution in [0, 0.1) is 0 Å². The molecule has 164 valence electrons. The quantitative estimate of drug-likeness (QED) is 0.316. The van der Waals surface area contributed by atoms with E-state index in [0.717, 1.165) is 45.1 Å². The molecule has 0 bridgehead atoms. The molecule has 2 heterocycles. The Bertz CT molecular complexity index is 1420. The SMILES string of the molecule is Clc1ccccc1CNc1n[nH]c2ccc(-c3nnn(Cc4ccccc4)c3C3CC3)cc12. The van der Waals surface area contributed by atoms with Crippen molar-refractivity contribution in [2.45, 2.75) is 31.8 Å². The molecule has 0 spiro atoms. The van der Waals surface area contributed by atoms with E-state index in [4.69, 9.17) is 11.6 Å². The van der Waals surface area contributed by atoms with Crippen molar-refractivity contribution in [3.05, 3.63) is 94.6 Å². The molecular formula is C26H23ClN6. The number of rotatable bonds is 7. The molecule has 5 aromatic rings. The third-order valence-corrected chi connectivity index (χ3v) is 6.52. The lowest BCUT2D eigenvalue weighted by molar-refractivity contribution is 0.619. The first kappa shape index (κ1) is 20.0. The van der Waals surface area contributed by atoms with Crippen LogP contribution in [0.25, 0.3) is 22.2 Å². The van der Waals surface area contributed by atoms with Crippen LogP contribution in [-0.4, -0.2) is 25.2 Å². The minimum atomic E-state index is 0.525. The first-order valence-corrected chi connectivity index (χ1v) is 11.6. The number of nitrogens with one attached hydrogen (secondary N) is 2. The van der Waals surface area contributed by atoms with E-state index < -0.39 is 0 Å². The van der Waals surface area contributed by atoms with Crippen molar-refractivity contribution in [1.29, 1.82) is 0 Å². The smallest absolute Gasteiger partial charge is 0.156 e. The number of benzene rings is 3. The molecule has 0 unspecified atom stereocenters. The average molecular weight is 455 g/mol. The van der Waals surface area contributed by atoms with Crippen LogP contribution in [0.2, 0.25) is 5.02 Å². The highest BCUT2D eigenvalue weighted by Gasteiger charge is 2.32. The molecule has 6 nitrogen and oxygen atoms in total. The Balaban J connectivity index is 1.33. The molecule has 1 aliphatic rings. The predicted octanol–water partition coefficient (Wildman–Crippen LogP) is 6.01. The average Bonchev–Trinajstić information content (AvgIpc) is 3.48. The molecule has 7 heteroatoms. The number of nitrogens with zero attached hydrogens (tertiary/aromatic N) is 4. The Morgan fingerprint density at radius 2 is 1.82 bits per heavy atom. The summed E-state index contributed by atoms with van der Waals surface area (Å²) < 4.78 is 2.07. The van der Waals surface area contributed by atoms with Crippen LogP contribution in [0.5, 0.6) is 0 Å². The van der Waals surface area contributed by atoms with Gasteiger partial charge in [0, 0.05) is 28.4 Å². The van der Waals surface area contributed by atoms with Crippen LogP contribution in [0.3, 0.4) is 0 Å². The van der Waals surface area contributed by atoms with Crippen LogP contribution in [0.15, 0.2) is 72.8 Å². The fourth-order valence-corrected chi connectivity index (χ4v) is 4.48. The summed E-state index contributed by atoms with van der Waals surface area (Å²) >= 11 is 6.32. The van der Waals surface area contributed by atoms with Crippen LogP contribution in [0.1, 0.15) is 35.6 Å². The largest absolute Gasteiger partial charge is 0.364 e. The summed E-state index contributed by atoms with van der Waals surface area (Å²) in [4.78, 5) is 0. The molecule has 3 aromatic carbocycles. The maximum atomic E-state index is 6.32. The van der Waals surface area contributed by atoms with Crippen molar-refractivity contribution in [3.8, 4) is 11.3 Å². The number of hydrogen-bond acceptors (Lipinski definition) is 4. The molecule has 2 aromatic heterocycles. The fraction of sp³-hybridized carbons (Fsp3) is 0.192. The van der Waals surface area contributed by atoms with Gasteiger partial charge in [0.25, 0.3) is 0 Å². The van der Waals surface area contributed by atoms with E-state index in [1.807, 2.05) is 30.3 Å². The predicted molar refractivity (Wildman–Crippen MR) is 131 cm³/mol. The summed E-state index contributed by atoms with van der Waals surface area (Å²) in [6.45, 7) is 1.34. The number of hydrogen-bond donors (Lipinski definition) is 2. The van der Waals surface area contributed by atoms with E-state index in [0.29, 0.717) is 12.5 Å². The third kappa shape index (κ3) is 3.98. The molecule has 33 heavy (non-hydrogen) atoms. The molecule has 0 radical (unpaired) electrons. The zero-order chi connectivity index (χ0) is 22.2. The van der Waals surface area contributed by atoms with Crippen LogP contribution in [0.4, 0.5) is 5.82 Å². The Kier molecular flexibility index (Phi) is 5.07. The number of aromatic nitrogens is 5. The van der Waals surface area contributed by atoms with Crippen molar-refractivity contribution >= 4 is 28.3 Å². The highest BCUT2D eigenvalue weighted by Crippen LogP contribution is 2.44. The number of anilines is 1. The summed E-state index contributed by atoms with van der Waals surface area (Å²) in [6, 6.07) is 24.6. The van der Waals surface area contributed by atoms with E-state index >= 15 is 0 Å². The van der Waals surface area contributed by atoms with Gasteiger partial charge in [-0.2, -0.15) is 5.10 Å². The third-order valence-electron chi connectivity index (χ3n) is 6.15. The molecular weight excluding hydrogens is 432 g/mol. The molecule has 1 aliphatic carbocycles. The van der Waals surface area contributed by atoms with Gasteiger partial charge in [-0.15, -0.1) is 5.10 Å². The normalized spacial score (nSPS) is 13.5.